The summed E-state index contributed by atoms with van der Waals surface area (Å²) in [5, 5.41) is 5.67. The van der Waals surface area contributed by atoms with Gasteiger partial charge in [-0.3, -0.25) is 9.59 Å². The number of methoxy groups -OCH3 is 1. The quantitative estimate of drug-likeness (QED) is 0.874. The van der Waals surface area contributed by atoms with E-state index in [4.69, 9.17) is 4.74 Å². The van der Waals surface area contributed by atoms with E-state index in [0.29, 0.717) is 29.5 Å². The number of hydrogen-bond acceptors (Lipinski definition) is 3. The van der Waals surface area contributed by atoms with E-state index in [-0.39, 0.29) is 11.8 Å². The molecule has 2 bridgehead atoms. The number of hydrogen-bond donors (Lipinski definition) is 2. The average molecular weight is 316 g/mol. The third-order valence-corrected chi connectivity index (χ3v) is 5.13. The normalized spacial score (nSPS) is 25.2. The third-order valence-electron chi connectivity index (χ3n) is 5.13. The van der Waals surface area contributed by atoms with Gasteiger partial charge < -0.3 is 15.4 Å². The van der Waals surface area contributed by atoms with Crippen molar-refractivity contribution in [3.8, 4) is 5.75 Å². The Morgan fingerprint density at radius 1 is 1.22 bits per heavy atom. The fourth-order valence-electron chi connectivity index (χ4n) is 4.15. The second-order valence-corrected chi connectivity index (χ2v) is 6.78. The minimum absolute atomic E-state index is 0.0285. The molecular formula is C18H24N2O3. The maximum absolute atomic E-state index is 12.4. The van der Waals surface area contributed by atoms with E-state index in [9.17, 15) is 9.59 Å². The van der Waals surface area contributed by atoms with Crippen LogP contribution in [-0.2, 0) is 9.59 Å². The molecule has 5 heteroatoms. The van der Waals surface area contributed by atoms with Crippen molar-refractivity contribution in [3.05, 3.63) is 18.2 Å². The Morgan fingerprint density at radius 3 is 2.65 bits per heavy atom. The first-order valence-electron chi connectivity index (χ1n) is 8.30. The number of carbonyl (C=O) groups excluding carboxylic acids is 2. The molecule has 3 rings (SSSR count). The predicted molar refractivity (Wildman–Crippen MR) is 89.5 cm³/mol. The number of carbonyl (C=O) groups is 2. The van der Waals surface area contributed by atoms with E-state index < -0.39 is 0 Å². The van der Waals surface area contributed by atoms with Crippen LogP contribution in [0.15, 0.2) is 18.2 Å². The van der Waals surface area contributed by atoms with Crippen molar-refractivity contribution in [1.29, 1.82) is 0 Å². The molecule has 2 aliphatic rings. The zero-order chi connectivity index (χ0) is 16.4. The topological polar surface area (TPSA) is 67.4 Å². The Morgan fingerprint density at radius 2 is 2.04 bits per heavy atom. The number of benzene rings is 1. The SMILES string of the molecule is COc1ccc(NC(C)=O)cc1NC(=O)C[C@H]1C[C@@H]2CC[C@@H]1C2. The van der Waals surface area contributed by atoms with Gasteiger partial charge in [0.1, 0.15) is 5.75 Å². The molecule has 0 radical (unpaired) electrons. The van der Waals surface area contributed by atoms with Gasteiger partial charge in [-0.15, -0.1) is 0 Å². The van der Waals surface area contributed by atoms with Crippen molar-refractivity contribution >= 4 is 23.2 Å². The van der Waals surface area contributed by atoms with E-state index in [1.807, 2.05) is 0 Å². The molecule has 0 saturated heterocycles. The number of ether oxygens (including phenoxy) is 1. The van der Waals surface area contributed by atoms with Crippen LogP contribution in [0.25, 0.3) is 0 Å². The molecule has 1 aromatic rings. The van der Waals surface area contributed by atoms with E-state index in [1.165, 1.54) is 32.6 Å². The zero-order valence-corrected chi connectivity index (χ0v) is 13.7. The Kier molecular flexibility index (Phi) is 4.55. The predicted octanol–water partition coefficient (Wildman–Crippen LogP) is 3.42. The maximum atomic E-state index is 12.4. The number of fused-ring (bicyclic) bond motifs is 2. The van der Waals surface area contributed by atoms with Gasteiger partial charge in [0.05, 0.1) is 12.8 Å². The molecule has 2 saturated carbocycles. The summed E-state index contributed by atoms with van der Waals surface area (Å²) in [6, 6.07) is 5.24. The van der Waals surface area contributed by atoms with Crippen LogP contribution >= 0.6 is 0 Å². The molecule has 0 heterocycles. The van der Waals surface area contributed by atoms with Crippen molar-refractivity contribution < 1.29 is 14.3 Å². The number of rotatable bonds is 5. The van der Waals surface area contributed by atoms with Crippen LogP contribution in [0, 0.1) is 17.8 Å². The summed E-state index contributed by atoms with van der Waals surface area (Å²) < 4.78 is 5.30. The van der Waals surface area contributed by atoms with E-state index in [0.717, 1.165) is 11.8 Å². The summed E-state index contributed by atoms with van der Waals surface area (Å²) >= 11 is 0. The van der Waals surface area contributed by atoms with Crippen LogP contribution < -0.4 is 15.4 Å². The molecule has 3 atom stereocenters. The minimum Gasteiger partial charge on any atom is -0.495 e. The lowest BCUT2D eigenvalue weighted by atomic mass is 9.86. The molecule has 2 amide bonds. The van der Waals surface area contributed by atoms with Crippen LogP contribution in [0.1, 0.15) is 39.0 Å². The molecular weight excluding hydrogens is 292 g/mol. The van der Waals surface area contributed by atoms with Gasteiger partial charge in [-0.2, -0.15) is 0 Å². The first-order chi connectivity index (χ1) is 11.0. The Balaban J connectivity index is 1.65. The molecule has 0 aromatic heterocycles. The molecule has 0 unspecified atom stereocenters. The molecule has 2 N–H and O–H groups in total. The van der Waals surface area contributed by atoms with Crippen LogP contribution in [-0.4, -0.2) is 18.9 Å². The Bertz CT molecular complexity index is 614. The molecule has 0 aliphatic heterocycles. The maximum Gasteiger partial charge on any atom is 0.224 e. The molecule has 2 aliphatic carbocycles. The Labute approximate surface area is 136 Å². The second-order valence-electron chi connectivity index (χ2n) is 6.78. The smallest absolute Gasteiger partial charge is 0.224 e. The van der Waals surface area contributed by atoms with Crippen molar-refractivity contribution in [2.75, 3.05) is 17.7 Å². The number of nitrogens with one attached hydrogen (secondary N) is 2. The van der Waals surface area contributed by atoms with Crippen LogP contribution in [0.3, 0.4) is 0 Å². The highest BCUT2D eigenvalue weighted by Gasteiger charge is 2.40. The monoisotopic (exact) mass is 316 g/mol. The average Bonchev–Trinajstić information content (AvgIpc) is 3.09. The highest BCUT2D eigenvalue weighted by atomic mass is 16.5. The van der Waals surface area contributed by atoms with Crippen molar-refractivity contribution in [2.24, 2.45) is 17.8 Å². The van der Waals surface area contributed by atoms with E-state index in [2.05, 4.69) is 10.6 Å². The van der Waals surface area contributed by atoms with Crippen molar-refractivity contribution in [2.45, 2.75) is 39.0 Å². The number of amides is 2. The summed E-state index contributed by atoms with van der Waals surface area (Å²) in [6.45, 7) is 1.46. The molecule has 124 valence electrons. The summed E-state index contributed by atoms with van der Waals surface area (Å²) in [7, 11) is 1.57. The zero-order valence-electron chi connectivity index (χ0n) is 13.7. The molecule has 5 nitrogen and oxygen atoms in total. The Hall–Kier alpha value is -2.04. The van der Waals surface area contributed by atoms with Crippen LogP contribution in [0.5, 0.6) is 5.75 Å². The molecule has 2 fully saturated rings. The third kappa shape index (κ3) is 3.66. The van der Waals surface area contributed by atoms with Crippen molar-refractivity contribution in [1.82, 2.24) is 0 Å². The lowest BCUT2D eigenvalue weighted by Gasteiger charge is -2.21. The highest BCUT2D eigenvalue weighted by molar-refractivity contribution is 5.95. The fraction of sp³-hybridized carbons (Fsp3) is 0.556. The first-order valence-corrected chi connectivity index (χ1v) is 8.30. The summed E-state index contributed by atoms with van der Waals surface area (Å²) in [6.07, 6.45) is 5.70. The van der Waals surface area contributed by atoms with E-state index in [1.54, 1.807) is 25.3 Å². The van der Waals surface area contributed by atoms with Gasteiger partial charge in [0.2, 0.25) is 11.8 Å². The first kappa shape index (κ1) is 15.8. The standard InChI is InChI=1S/C18H24N2O3/c1-11(21)19-15-5-6-17(23-2)16(10-15)20-18(22)9-14-8-12-3-4-13(14)7-12/h5-6,10,12-14H,3-4,7-9H2,1-2H3,(H,19,21)(H,20,22)/t12-,13-,14-/m1/s1. The van der Waals surface area contributed by atoms with Gasteiger partial charge >= 0.3 is 0 Å². The summed E-state index contributed by atoms with van der Waals surface area (Å²) in [5.74, 6) is 2.59. The summed E-state index contributed by atoms with van der Waals surface area (Å²) in [5.41, 5.74) is 1.25. The van der Waals surface area contributed by atoms with E-state index >= 15 is 0 Å². The lowest BCUT2D eigenvalue weighted by molar-refractivity contribution is -0.117. The molecule has 23 heavy (non-hydrogen) atoms. The van der Waals surface area contributed by atoms with Crippen LogP contribution in [0.4, 0.5) is 11.4 Å². The fourth-order valence-corrected chi connectivity index (χ4v) is 4.15. The lowest BCUT2D eigenvalue weighted by Crippen LogP contribution is -2.20. The second kappa shape index (κ2) is 6.60. The van der Waals surface area contributed by atoms with Crippen molar-refractivity contribution in [3.63, 3.8) is 0 Å². The number of anilines is 2. The molecule has 0 spiro atoms. The van der Waals surface area contributed by atoms with Gasteiger partial charge in [-0.25, -0.2) is 0 Å². The minimum atomic E-state index is -0.144. The van der Waals surface area contributed by atoms with Gasteiger partial charge in [0.25, 0.3) is 0 Å². The van der Waals surface area contributed by atoms with Crippen LogP contribution in [0.2, 0.25) is 0 Å². The summed E-state index contributed by atoms with van der Waals surface area (Å²) in [4.78, 5) is 23.6. The highest BCUT2D eigenvalue weighted by Crippen LogP contribution is 2.49. The largest absolute Gasteiger partial charge is 0.495 e. The van der Waals surface area contributed by atoms with Gasteiger partial charge in [-0.1, -0.05) is 6.42 Å². The van der Waals surface area contributed by atoms with Gasteiger partial charge in [-0.05, 0) is 55.2 Å². The molecule has 1 aromatic carbocycles. The van der Waals surface area contributed by atoms with Gasteiger partial charge in [0.15, 0.2) is 0 Å². The van der Waals surface area contributed by atoms with Gasteiger partial charge in [0, 0.05) is 19.0 Å².